The highest BCUT2D eigenvalue weighted by Gasteiger charge is 2.70. The summed E-state index contributed by atoms with van der Waals surface area (Å²) in [4.78, 5) is 92.3. The number of aliphatic carboxylic acids is 1. The molecule has 2 aromatic carbocycles. The summed E-state index contributed by atoms with van der Waals surface area (Å²) in [7, 11) is -8.18. The number of halogens is 8. The van der Waals surface area contributed by atoms with Gasteiger partial charge in [0.2, 0.25) is 29.5 Å². The van der Waals surface area contributed by atoms with Crippen LogP contribution in [0, 0.1) is 45.3 Å². The average molecular weight is 1510 g/mol. The number of para-hydroxylation sites is 2. The molecule has 556 valence electrons. The van der Waals surface area contributed by atoms with Crippen molar-refractivity contribution in [3.63, 3.8) is 0 Å². The van der Waals surface area contributed by atoms with Crippen LogP contribution < -0.4 is 28.8 Å². The standard InChI is InChI=1S/C34H41ClF3N3O8S.C30H34ClF3N2O6.C4H9NO3S/c1-5-20-16-32(20,30(44)40-50(45,46)49-31(4)10-11-31)17-25(42)24-14-21(18-41(24)29(43)19(3)33(12-13-33)34(36,37)38)48-26-15-27(47-6-2)39-28-22(26)8-7-9-23(28)35;1-4-17-13-28(17,27(39)40)14-22(37)21-11-18(15-36(21)26(38)16(3)29(9-10-29)30(32,33)34)42-23-12-24(41-5-2)35-25-19(23)7-6-8-20(25)31;1-4(2-3-4)8-9(5,6)7/h7-9,15,19-21,24H,5-6,10-14,16-18H2,1-4H3,(H,40,44);6-8,12,16-18,21H,4-5,9-11,13-15H2,1-3H3,(H,39,40);2-3H2,1H3,(H2,5,6,7)/t19?,20-,21-,24+,32-;16?,17-,18-,21+,28-;/m11./s1. The zero-order valence-electron chi connectivity index (χ0n) is 57.1. The molecule has 23 nitrogen and oxygen atoms in total. The molecule has 3 amide bonds. The van der Waals surface area contributed by atoms with E-state index in [1.165, 1.54) is 18.7 Å². The quantitative estimate of drug-likeness (QED) is 0.0467. The summed E-state index contributed by atoms with van der Waals surface area (Å²) in [6.45, 7) is 13.4. The number of amides is 3. The second-order valence-corrected chi connectivity index (χ2v) is 32.0. The summed E-state index contributed by atoms with van der Waals surface area (Å²) in [6, 6.07) is 11.0. The van der Waals surface area contributed by atoms with Crippen molar-refractivity contribution in [3.8, 4) is 23.3 Å². The molecule has 2 aromatic heterocycles. The number of ether oxygens (including phenoxy) is 4. The number of carboxylic acids is 1. The maximum atomic E-state index is 14.2. The minimum atomic E-state index is -4.61. The van der Waals surface area contributed by atoms with Gasteiger partial charge in [-0.15, -0.1) is 0 Å². The van der Waals surface area contributed by atoms with Crippen molar-refractivity contribution in [2.24, 2.45) is 50.5 Å². The lowest BCUT2D eigenvalue weighted by Crippen LogP contribution is -2.48. The van der Waals surface area contributed by atoms with E-state index in [-0.39, 0.29) is 88.1 Å². The number of alkyl halides is 6. The normalized spacial score (nSPS) is 26.7. The van der Waals surface area contributed by atoms with Gasteiger partial charge in [-0.1, -0.05) is 75.9 Å². The fourth-order valence-electron chi connectivity index (χ4n) is 14.5. The molecule has 33 heteroatoms. The number of aromatic nitrogens is 2. The molecule has 12 rings (SSSR count). The van der Waals surface area contributed by atoms with Gasteiger partial charge in [0, 0.05) is 60.4 Å². The van der Waals surface area contributed by atoms with E-state index in [9.17, 15) is 77.1 Å². The van der Waals surface area contributed by atoms with Gasteiger partial charge in [0.15, 0.2) is 11.6 Å². The van der Waals surface area contributed by atoms with Gasteiger partial charge in [0.05, 0.1) is 92.3 Å². The van der Waals surface area contributed by atoms with Gasteiger partial charge < -0.3 is 33.9 Å². The summed E-state index contributed by atoms with van der Waals surface area (Å²) in [5, 5.41) is 16.3. The molecule has 0 bridgehead atoms. The highest BCUT2D eigenvalue weighted by atomic mass is 35.5. The number of pyridine rings is 2. The molecule has 0 spiro atoms. The van der Waals surface area contributed by atoms with Crippen molar-refractivity contribution in [3.05, 3.63) is 58.6 Å². The fourth-order valence-corrected chi connectivity index (χ4v) is 16.8. The second-order valence-electron chi connectivity index (χ2n) is 28.7. The number of carbonyl (C=O) groups is 6. The lowest BCUT2D eigenvalue weighted by molar-refractivity contribution is -0.205. The lowest BCUT2D eigenvalue weighted by atomic mass is 9.87. The van der Waals surface area contributed by atoms with Crippen molar-refractivity contribution in [1.82, 2.24) is 24.5 Å². The topological polar surface area (TPSA) is 317 Å². The van der Waals surface area contributed by atoms with Crippen LogP contribution in [0.15, 0.2) is 48.5 Å². The predicted molar refractivity (Wildman–Crippen MR) is 355 cm³/mol. The van der Waals surface area contributed by atoms with Crippen molar-refractivity contribution in [2.75, 3.05) is 26.3 Å². The van der Waals surface area contributed by atoms with Crippen LogP contribution in [0.1, 0.15) is 158 Å². The number of Topliss-reactive ketones (excluding diaryl/α,β-unsaturated/α-hetero) is 2. The van der Waals surface area contributed by atoms with E-state index >= 15 is 0 Å². The third-order valence-electron chi connectivity index (χ3n) is 21.6. The summed E-state index contributed by atoms with van der Waals surface area (Å²) in [5.74, 6) is -6.84. The Hall–Kier alpha value is -6.38. The number of carboxylic acid groups (broad SMARTS) is 1. The molecule has 2 aliphatic heterocycles. The lowest BCUT2D eigenvalue weighted by Gasteiger charge is -2.32. The molecule has 2 unspecified atom stereocenters. The molecule has 101 heavy (non-hydrogen) atoms. The minimum absolute atomic E-state index is 0.0111. The number of fused-ring (bicyclic) bond motifs is 2. The first-order chi connectivity index (χ1) is 47.1. The van der Waals surface area contributed by atoms with Gasteiger partial charge in [-0.2, -0.15) is 43.2 Å². The summed E-state index contributed by atoms with van der Waals surface area (Å²) in [5.41, 5.74) is -7.43. The first-order valence-corrected chi connectivity index (χ1v) is 37.5. The molecular formula is C68H84Cl2F6N6O17S2. The van der Waals surface area contributed by atoms with E-state index < -0.39 is 144 Å². The van der Waals surface area contributed by atoms with E-state index in [1.807, 2.05) is 18.6 Å². The number of nitrogens with one attached hydrogen (secondary N) is 1. The fraction of sp³-hybridized carbons (Fsp3) is 0.647. The number of nitrogens with two attached hydrogens (primary N) is 1. The molecule has 10 atom stereocenters. The van der Waals surface area contributed by atoms with E-state index in [1.54, 1.807) is 76.2 Å². The summed E-state index contributed by atoms with van der Waals surface area (Å²) in [6.07, 6.45) is -7.98. The second kappa shape index (κ2) is 28.2. The Bertz CT molecular complexity index is 4140. The molecule has 2 saturated heterocycles. The minimum Gasteiger partial charge on any atom is -0.488 e. The number of rotatable bonds is 27. The van der Waals surface area contributed by atoms with Crippen molar-refractivity contribution in [2.45, 2.75) is 206 Å². The van der Waals surface area contributed by atoms with Crippen LogP contribution in [0.4, 0.5) is 26.3 Å². The number of nitrogens with zero attached hydrogens (tertiary/aromatic N) is 4. The van der Waals surface area contributed by atoms with Crippen LogP contribution in [0.5, 0.6) is 23.3 Å². The predicted octanol–water partition coefficient (Wildman–Crippen LogP) is 11.8. The third kappa shape index (κ3) is 16.4. The van der Waals surface area contributed by atoms with Gasteiger partial charge in [0.1, 0.15) is 23.7 Å². The maximum absolute atomic E-state index is 14.2. The molecule has 6 saturated carbocycles. The highest BCUT2D eigenvalue weighted by molar-refractivity contribution is 7.85. The van der Waals surface area contributed by atoms with Gasteiger partial charge in [-0.25, -0.2) is 24.0 Å². The summed E-state index contributed by atoms with van der Waals surface area (Å²) < 4.78 is 166. The molecule has 4 aromatic rings. The monoisotopic (exact) mass is 1500 g/mol. The number of ketones is 2. The third-order valence-corrected chi connectivity index (χ3v) is 23.9. The van der Waals surface area contributed by atoms with Crippen LogP contribution in [0.3, 0.4) is 0 Å². The molecule has 6 aliphatic carbocycles. The van der Waals surface area contributed by atoms with Crippen molar-refractivity contribution < 1.29 is 104 Å². The van der Waals surface area contributed by atoms with Crippen molar-refractivity contribution in [1.29, 1.82) is 0 Å². The van der Waals surface area contributed by atoms with E-state index in [0.29, 0.717) is 88.7 Å². The van der Waals surface area contributed by atoms with Gasteiger partial charge >= 0.3 is 38.9 Å². The largest absolute Gasteiger partial charge is 0.488 e. The van der Waals surface area contributed by atoms with Crippen molar-refractivity contribution >= 4 is 101 Å². The first-order valence-electron chi connectivity index (χ1n) is 33.9. The van der Waals surface area contributed by atoms with Gasteiger partial charge in [-0.3, -0.25) is 33.0 Å². The zero-order chi connectivity index (χ0) is 74.2. The smallest absolute Gasteiger partial charge is 0.395 e. The number of likely N-dealkylation sites (tertiary alicyclic amines) is 2. The molecular weight excluding hydrogens is 1420 g/mol. The Morgan fingerprint density at radius 1 is 0.634 bits per heavy atom. The van der Waals surface area contributed by atoms with Gasteiger partial charge in [0.25, 0.3) is 0 Å². The van der Waals surface area contributed by atoms with Crippen LogP contribution in [0.25, 0.3) is 21.8 Å². The first kappa shape index (κ1) is 77.2. The van der Waals surface area contributed by atoms with E-state index in [4.69, 9.17) is 46.3 Å². The molecule has 4 heterocycles. The Kier molecular flexibility index (Phi) is 21.6. The zero-order valence-corrected chi connectivity index (χ0v) is 60.2. The van der Waals surface area contributed by atoms with Gasteiger partial charge in [-0.05, 0) is 128 Å². The SMILES string of the molecule is CC1(OS(N)(=O)=O)CC1.CCOc1cc(O[C@@H]2C[C@@H](C(=O)C[C@]3(C(=O)NS(=O)(=O)OC4(C)CC4)C[C@H]3CC)N(C(=O)C(C)C3(C(F)(F)F)CC3)C2)c2cccc(Cl)c2n1.CCOc1cc(O[C@@H]2C[C@@H](C(=O)C[C@]3(C(=O)O)C[C@H]3CC)N(C(=O)C(C)C3(C(F)(F)F)CC3)C2)c2cccc(Cl)c2n1. The molecule has 4 N–H and O–H groups in total. The summed E-state index contributed by atoms with van der Waals surface area (Å²) >= 11 is 12.8. The number of benzene rings is 2. The van der Waals surface area contributed by atoms with Crippen LogP contribution >= 0.6 is 23.2 Å². The van der Waals surface area contributed by atoms with E-state index in [2.05, 4.69) is 19.3 Å². The van der Waals surface area contributed by atoms with Crippen LogP contribution in [0.2, 0.25) is 10.0 Å². The average Bonchev–Trinajstić information content (AvgIpc) is 1.59. The molecule has 8 fully saturated rings. The molecule has 8 aliphatic rings. The maximum Gasteiger partial charge on any atom is 0.395 e. The van der Waals surface area contributed by atoms with Crippen LogP contribution in [-0.2, 0) is 57.7 Å². The van der Waals surface area contributed by atoms with Crippen LogP contribution in [-0.4, -0.2) is 151 Å². The Morgan fingerprint density at radius 2 is 1.02 bits per heavy atom. The number of hydrogen-bond donors (Lipinski definition) is 3. The Labute approximate surface area is 591 Å². The highest BCUT2D eigenvalue weighted by Crippen LogP contribution is 2.65. The Balaban J connectivity index is 0.000000196. The Morgan fingerprint density at radius 3 is 1.35 bits per heavy atom. The number of hydrogen-bond acceptors (Lipinski definition) is 18. The van der Waals surface area contributed by atoms with E-state index in [0.717, 1.165) is 17.7 Å². The number of carbonyl (C=O) groups excluding carboxylic acids is 5. The molecule has 0 radical (unpaired) electrons.